The third kappa shape index (κ3) is 5.74. The fourth-order valence-electron chi connectivity index (χ4n) is 5.93. The predicted molar refractivity (Wildman–Crippen MR) is 150 cm³/mol. The summed E-state index contributed by atoms with van der Waals surface area (Å²) in [6, 6.07) is 13.7. The van der Waals surface area contributed by atoms with Crippen molar-refractivity contribution in [2.75, 3.05) is 19.8 Å². The summed E-state index contributed by atoms with van der Waals surface area (Å²) in [5.41, 5.74) is 6.53. The molecule has 3 nitrogen and oxygen atoms in total. The van der Waals surface area contributed by atoms with Gasteiger partial charge < -0.3 is 14.4 Å². The van der Waals surface area contributed by atoms with E-state index in [0.717, 1.165) is 9.94 Å². The van der Waals surface area contributed by atoms with Crippen molar-refractivity contribution in [3.05, 3.63) is 52.0 Å². The summed E-state index contributed by atoms with van der Waals surface area (Å²) in [4.78, 5) is 0. The molecule has 0 unspecified atom stereocenters. The van der Waals surface area contributed by atoms with Crippen LogP contribution in [0, 0.1) is 5.41 Å². The Bertz CT molecular complexity index is 972. The summed E-state index contributed by atoms with van der Waals surface area (Å²) >= 11 is 3.78. The molecule has 0 amide bonds. The van der Waals surface area contributed by atoms with E-state index in [0.29, 0.717) is 13.2 Å². The highest BCUT2D eigenvalue weighted by Gasteiger charge is 2.44. The highest BCUT2D eigenvalue weighted by atomic mass is 79.9. The van der Waals surface area contributed by atoms with Gasteiger partial charge in [0, 0.05) is 28.5 Å². The molecule has 4 rings (SSSR count). The van der Waals surface area contributed by atoms with Crippen LogP contribution in [0.5, 0.6) is 0 Å². The summed E-state index contributed by atoms with van der Waals surface area (Å²) in [6.45, 7) is 7.69. The Morgan fingerprint density at radius 2 is 1.40 bits per heavy atom. The molecule has 1 aliphatic carbocycles. The topological polar surface area (TPSA) is 38.7 Å². The number of rotatable bonds is 12. The van der Waals surface area contributed by atoms with Crippen molar-refractivity contribution >= 4 is 28.5 Å². The van der Waals surface area contributed by atoms with Crippen LogP contribution in [0.1, 0.15) is 96.1 Å². The van der Waals surface area contributed by atoms with Crippen LogP contribution in [0.3, 0.4) is 0 Å². The lowest BCUT2D eigenvalue weighted by atomic mass is 9.68. The molecule has 190 valence electrons. The average Bonchev–Trinajstić information content (AvgIpc) is 3.13. The van der Waals surface area contributed by atoms with E-state index in [4.69, 9.17) is 9.31 Å². The van der Waals surface area contributed by atoms with E-state index in [1.54, 1.807) is 0 Å². The van der Waals surface area contributed by atoms with Crippen LogP contribution in [-0.2, 0) is 14.7 Å². The number of hydrogen-bond donors (Lipinski definition) is 1. The van der Waals surface area contributed by atoms with E-state index < -0.39 is 0 Å². The van der Waals surface area contributed by atoms with Crippen LogP contribution >= 0.6 is 15.9 Å². The third-order valence-corrected chi connectivity index (χ3v) is 8.57. The standard InChI is InChI=1S/C30H42BBrO3/c1-4-6-8-10-16-30(17-11-9-7-5-2)27-18-23(31-34-21-29(3,20-33)22-35-31)12-14-25(27)26-15-13-24(32)19-28(26)30/h12-15,18-19,33H,4-11,16-17,20-22H2,1-3H3. The molecule has 5 heteroatoms. The van der Waals surface area contributed by atoms with Crippen molar-refractivity contribution < 1.29 is 14.4 Å². The number of aliphatic hydroxyl groups is 1. The third-order valence-electron chi connectivity index (χ3n) is 8.08. The first kappa shape index (κ1) is 26.9. The first-order valence-electron chi connectivity index (χ1n) is 13.8. The summed E-state index contributed by atoms with van der Waals surface area (Å²) in [5.74, 6) is 0. The molecule has 0 bridgehead atoms. The van der Waals surface area contributed by atoms with Crippen molar-refractivity contribution in [1.82, 2.24) is 0 Å². The van der Waals surface area contributed by atoms with Crippen molar-refractivity contribution in [2.24, 2.45) is 5.41 Å². The van der Waals surface area contributed by atoms with Crippen molar-refractivity contribution in [1.29, 1.82) is 0 Å². The van der Waals surface area contributed by atoms with E-state index >= 15 is 0 Å². The molecule has 1 aliphatic heterocycles. The van der Waals surface area contributed by atoms with Crippen LogP contribution < -0.4 is 5.46 Å². The zero-order valence-corrected chi connectivity index (χ0v) is 23.5. The Kier molecular flexibility index (Phi) is 9.18. The van der Waals surface area contributed by atoms with Gasteiger partial charge in [-0.25, -0.2) is 0 Å². The quantitative estimate of drug-likeness (QED) is 0.225. The lowest BCUT2D eigenvalue weighted by Crippen LogP contribution is -2.50. The molecule has 1 fully saturated rings. The molecule has 0 spiro atoms. The van der Waals surface area contributed by atoms with Crippen LogP contribution in [-0.4, -0.2) is 32.0 Å². The first-order valence-corrected chi connectivity index (χ1v) is 14.5. The van der Waals surface area contributed by atoms with E-state index in [2.05, 4.69) is 66.2 Å². The molecule has 0 radical (unpaired) electrons. The Morgan fingerprint density at radius 3 is 1.97 bits per heavy atom. The molecule has 0 atom stereocenters. The van der Waals surface area contributed by atoms with E-state index in [-0.39, 0.29) is 24.6 Å². The Labute approximate surface area is 221 Å². The highest BCUT2D eigenvalue weighted by Crippen LogP contribution is 2.54. The second-order valence-corrected chi connectivity index (χ2v) is 12.0. The van der Waals surface area contributed by atoms with E-state index in [9.17, 15) is 5.11 Å². The number of aliphatic hydroxyl groups excluding tert-OH is 1. The molecule has 0 saturated carbocycles. The number of benzene rings is 2. The van der Waals surface area contributed by atoms with Crippen LogP contribution in [0.4, 0.5) is 0 Å². The minimum Gasteiger partial charge on any atom is -0.407 e. The largest absolute Gasteiger partial charge is 0.493 e. The lowest BCUT2D eigenvalue weighted by molar-refractivity contribution is -0.0145. The summed E-state index contributed by atoms with van der Waals surface area (Å²) in [6.07, 6.45) is 12.6. The summed E-state index contributed by atoms with van der Waals surface area (Å²) < 4.78 is 13.4. The van der Waals surface area contributed by atoms with Crippen LogP contribution in [0.15, 0.2) is 40.9 Å². The van der Waals surface area contributed by atoms with Crippen LogP contribution in [0.2, 0.25) is 0 Å². The number of fused-ring (bicyclic) bond motifs is 3. The van der Waals surface area contributed by atoms with Gasteiger partial charge in [0.2, 0.25) is 0 Å². The van der Waals surface area contributed by atoms with E-state index in [1.807, 2.05) is 6.92 Å². The predicted octanol–water partition coefficient (Wildman–Crippen LogP) is 7.40. The fourth-order valence-corrected chi connectivity index (χ4v) is 6.29. The number of hydrogen-bond acceptors (Lipinski definition) is 3. The summed E-state index contributed by atoms with van der Waals surface area (Å²) in [7, 11) is -0.367. The Morgan fingerprint density at radius 1 is 0.829 bits per heavy atom. The Balaban J connectivity index is 1.71. The molecule has 1 N–H and O–H groups in total. The highest BCUT2D eigenvalue weighted by molar-refractivity contribution is 9.10. The van der Waals surface area contributed by atoms with Gasteiger partial charge in [-0.15, -0.1) is 0 Å². The lowest BCUT2D eigenvalue weighted by Gasteiger charge is -2.36. The van der Waals surface area contributed by atoms with Gasteiger partial charge in [0.1, 0.15) is 0 Å². The molecule has 2 aromatic rings. The van der Waals surface area contributed by atoms with Gasteiger partial charge in [0.05, 0.1) is 6.61 Å². The van der Waals surface area contributed by atoms with Gasteiger partial charge in [0.15, 0.2) is 0 Å². The van der Waals surface area contributed by atoms with Gasteiger partial charge in [-0.05, 0) is 52.7 Å². The maximum atomic E-state index is 9.70. The van der Waals surface area contributed by atoms with Gasteiger partial charge >= 0.3 is 7.12 Å². The zero-order chi connectivity index (χ0) is 24.9. The molecule has 0 aromatic heterocycles. The molecule has 35 heavy (non-hydrogen) atoms. The maximum absolute atomic E-state index is 9.70. The molecule has 2 aliphatic rings. The van der Waals surface area contributed by atoms with Crippen LogP contribution in [0.25, 0.3) is 11.1 Å². The molecule has 2 aromatic carbocycles. The van der Waals surface area contributed by atoms with Crippen molar-refractivity contribution in [2.45, 2.75) is 90.4 Å². The second kappa shape index (κ2) is 11.9. The maximum Gasteiger partial charge on any atom is 0.493 e. The van der Waals surface area contributed by atoms with Crippen molar-refractivity contribution in [3.63, 3.8) is 0 Å². The molecule has 1 saturated heterocycles. The van der Waals surface area contributed by atoms with E-state index in [1.165, 1.54) is 86.5 Å². The fraction of sp³-hybridized carbons (Fsp3) is 0.600. The summed E-state index contributed by atoms with van der Waals surface area (Å²) in [5, 5.41) is 9.70. The number of halogens is 1. The molecule has 1 heterocycles. The van der Waals surface area contributed by atoms with Gasteiger partial charge in [-0.1, -0.05) is 112 Å². The zero-order valence-electron chi connectivity index (χ0n) is 21.9. The van der Waals surface area contributed by atoms with Crippen molar-refractivity contribution in [3.8, 4) is 11.1 Å². The minimum atomic E-state index is -0.367. The minimum absolute atomic E-state index is 0.0419. The van der Waals surface area contributed by atoms with Gasteiger partial charge in [-0.3, -0.25) is 0 Å². The van der Waals surface area contributed by atoms with Gasteiger partial charge in [-0.2, -0.15) is 0 Å². The Hall–Kier alpha value is -1.14. The molecular formula is C30H42BBrO3. The second-order valence-electron chi connectivity index (χ2n) is 11.1. The normalized spacial score (nSPS) is 17.9. The monoisotopic (exact) mass is 540 g/mol. The SMILES string of the molecule is CCCCCCC1(CCCCCC)c2cc(Br)ccc2-c2ccc(B3OCC(C)(CO)CO3)cc21. The smallest absolute Gasteiger partial charge is 0.407 e. The molecular weight excluding hydrogens is 499 g/mol. The number of unbranched alkanes of at least 4 members (excludes halogenated alkanes) is 6. The first-order chi connectivity index (χ1) is 17.0. The van der Waals surface area contributed by atoms with Gasteiger partial charge in [0.25, 0.3) is 0 Å². The average molecular weight is 541 g/mol.